The molecule has 39 heavy (non-hydrogen) atoms. The summed E-state index contributed by atoms with van der Waals surface area (Å²) in [6.07, 6.45) is 0. The van der Waals surface area contributed by atoms with Crippen molar-refractivity contribution in [2.75, 3.05) is 0 Å². The molecule has 0 atom stereocenters. The van der Waals surface area contributed by atoms with Crippen molar-refractivity contribution in [2.24, 2.45) is 0 Å². The Bertz CT molecular complexity index is 886. The van der Waals surface area contributed by atoms with Gasteiger partial charge >= 0.3 is 0 Å². The van der Waals surface area contributed by atoms with Gasteiger partial charge in [0.25, 0.3) is 0 Å². The van der Waals surface area contributed by atoms with Crippen LogP contribution in [0.25, 0.3) is 0 Å². The number of rotatable bonds is 12. The molecule has 0 aromatic heterocycles. The lowest BCUT2D eigenvalue weighted by Crippen LogP contribution is -2.95. The van der Waals surface area contributed by atoms with Crippen molar-refractivity contribution in [3.05, 3.63) is 0 Å². The highest BCUT2D eigenvalue weighted by atomic mass is 30.1. The summed E-state index contributed by atoms with van der Waals surface area (Å²) in [7, 11) is -17.3. The van der Waals surface area contributed by atoms with Crippen molar-refractivity contribution < 1.29 is 4.12 Å². The minimum atomic E-state index is -1.74. The van der Waals surface area contributed by atoms with Gasteiger partial charge in [0.2, 0.25) is 0 Å². The van der Waals surface area contributed by atoms with Crippen LogP contribution in [0.4, 0.5) is 0 Å². The van der Waals surface area contributed by atoms with Crippen LogP contribution < -0.4 is 0 Å². The first kappa shape index (κ1) is 41.6. The third kappa shape index (κ3) is 6.21. The molecule has 0 N–H and O–H groups in total. The Morgan fingerprint density at radius 3 is 0.590 bits per heavy atom. The molecule has 0 fully saturated rings. The lowest BCUT2D eigenvalue weighted by molar-refractivity contribution is 0.571. The molecule has 0 saturated carbocycles. The Labute approximate surface area is 260 Å². The summed E-state index contributed by atoms with van der Waals surface area (Å²) in [4.78, 5) is 0. The molecule has 0 aromatic rings. The highest BCUT2D eigenvalue weighted by molar-refractivity contribution is 8.08. The molecule has 0 bridgehead atoms. The first-order valence-corrected chi connectivity index (χ1v) is 62.7. The lowest BCUT2D eigenvalue weighted by Gasteiger charge is -2.68. The van der Waals surface area contributed by atoms with E-state index >= 15 is 0 Å². The summed E-state index contributed by atoms with van der Waals surface area (Å²) in [5.41, 5.74) is 0. The zero-order valence-electron chi connectivity index (χ0n) is 32.4. The van der Waals surface area contributed by atoms with E-state index in [1.165, 1.54) is 0 Å². The Balaban J connectivity index is 7.21. The van der Waals surface area contributed by atoms with E-state index in [-0.39, 0.29) is 0 Å². The molecule has 13 heteroatoms. The van der Waals surface area contributed by atoms with Gasteiger partial charge in [-0.3, -0.25) is 0 Å². The monoisotopic (exact) mass is 742 g/mol. The maximum atomic E-state index is 7.26. The fraction of sp³-hybridized carbons (Fsp3) is 1.00. The van der Waals surface area contributed by atoms with Gasteiger partial charge in [0.05, 0.1) is 7.11 Å². The predicted molar refractivity (Wildman–Crippen MR) is 223 cm³/mol. The lowest BCUT2D eigenvalue weighted by atomic mass is 11.8. The fourth-order valence-corrected chi connectivity index (χ4v) is 368. The molecule has 0 amide bonds. The van der Waals surface area contributed by atoms with Crippen LogP contribution >= 0.6 is 0 Å². The van der Waals surface area contributed by atoms with Crippen LogP contribution in [0.1, 0.15) is 0 Å². The molecule has 0 saturated heterocycles. The molecule has 1 nitrogen and oxygen atoms in total. The van der Waals surface area contributed by atoms with Gasteiger partial charge in [-0.15, -0.1) is 0 Å². The second-order valence-electron chi connectivity index (χ2n) is 20.6. The number of hydrogen-bond acceptors (Lipinski definition) is 1. The summed E-state index contributed by atoms with van der Waals surface area (Å²) in [6.45, 7) is 73.8. The largest absolute Gasteiger partial charge is 0.458 e. The summed E-state index contributed by atoms with van der Waals surface area (Å²) < 4.78 is 7.26. The molecule has 0 aliphatic rings. The molecule has 0 aliphatic heterocycles. The Hall–Kier alpha value is 2.56. The molecule has 0 heterocycles. The van der Waals surface area contributed by atoms with Gasteiger partial charge in [0.1, 0.15) is 0 Å². The smallest absolute Gasteiger partial charge is 0.170 e. The van der Waals surface area contributed by atoms with Crippen molar-refractivity contribution in [3.8, 4) is 0 Å². The van der Waals surface area contributed by atoms with E-state index < -0.39 is 87.7 Å². The summed E-state index contributed by atoms with van der Waals surface area (Å²) in [5.74, 6) is 0. The van der Waals surface area contributed by atoms with Crippen LogP contribution in [0, 0.1) is 0 Å². The molecule has 0 rings (SSSR count). The topological polar surface area (TPSA) is 9.23 Å². The van der Waals surface area contributed by atoms with E-state index in [0.29, 0.717) is 0 Å². The highest BCUT2D eigenvalue weighted by Crippen LogP contribution is 2.48. The van der Waals surface area contributed by atoms with Gasteiger partial charge in [-0.25, -0.2) is 0 Å². The van der Waals surface area contributed by atoms with E-state index in [1.807, 2.05) is 0 Å². The van der Waals surface area contributed by atoms with Gasteiger partial charge < -0.3 is 4.12 Å². The van der Waals surface area contributed by atoms with Crippen molar-refractivity contribution in [1.82, 2.24) is 0 Å². The average Bonchev–Trinajstić information content (AvgIpc) is 2.63. The third-order valence-electron chi connectivity index (χ3n) is 16.4. The maximum Gasteiger partial charge on any atom is 0.170 e. The summed E-state index contributed by atoms with van der Waals surface area (Å²) in [6, 6.07) is 0. The van der Waals surface area contributed by atoms with Crippen LogP contribution in [0.5, 0.6) is 0 Å². The van der Waals surface area contributed by atoms with Crippen molar-refractivity contribution in [1.29, 1.82) is 0 Å². The van der Waals surface area contributed by atoms with Crippen molar-refractivity contribution >= 4 is 87.7 Å². The molecule has 0 unspecified atom stereocenters. The third-order valence-corrected chi connectivity index (χ3v) is 269. The Morgan fingerprint density at radius 2 is 0.410 bits per heavy atom. The highest BCUT2D eigenvalue weighted by Gasteiger charge is 2.72. The molecular weight excluding hydrogens is 665 g/mol. The second kappa shape index (κ2) is 11.1. The van der Waals surface area contributed by atoms with E-state index in [0.717, 1.165) is 0 Å². The number of hydrogen-bond donors (Lipinski definition) is 0. The first-order valence-electron chi connectivity index (χ1n) is 15.9. The Morgan fingerprint density at radius 1 is 0.231 bits per heavy atom. The van der Waals surface area contributed by atoms with Gasteiger partial charge in [-0.1, -0.05) is 137 Å². The molecular formula is C26H78OSi12. The molecule has 0 radical (unpaired) electrons. The fourth-order valence-electron chi connectivity index (χ4n) is 8.05. The predicted octanol–water partition coefficient (Wildman–Crippen LogP) is 10.5. The van der Waals surface area contributed by atoms with E-state index in [9.17, 15) is 0 Å². The van der Waals surface area contributed by atoms with Gasteiger partial charge in [0.15, 0.2) is 16.2 Å². The van der Waals surface area contributed by atoms with Gasteiger partial charge in [-0.2, -0.15) is 0 Å². The Kier molecular flexibility index (Phi) is 11.9. The minimum absolute atomic E-state index is 1.15. The standard InChI is InChI=1S/C26H78OSi12/c1-28(2,3)27-30(7,8)32(11,12)34(15,16)36(19,20)38(23,24)39(25,26)37(21,22)35(17,18)33(13,14)31(9,10)29(4,5)6/h1-26H3. The average molecular weight is 744 g/mol. The molecule has 0 aliphatic carbocycles. The van der Waals surface area contributed by atoms with Gasteiger partial charge in [-0.05, 0) is 32.7 Å². The summed E-state index contributed by atoms with van der Waals surface area (Å²) in [5, 5.41) is 0. The van der Waals surface area contributed by atoms with Crippen LogP contribution in [-0.2, 0) is 4.12 Å². The van der Waals surface area contributed by atoms with Gasteiger partial charge in [0, 0.05) is 64.5 Å². The molecule has 0 spiro atoms. The zero-order chi connectivity index (χ0) is 32.7. The molecule has 236 valence electrons. The maximum absolute atomic E-state index is 7.26. The van der Waals surface area contributed by atoms with Crippen LogP contribution in [0.2, 0.25) is 170 Å². The van der Waals surface area contributed by atoms with E-state index in [4.69, 9.17) is 4.12 Å². The SMILES string of the molecule is C[Si](C)(C)O[Si](C)(C)[Si](C)(C)[Si](C)(C)[Si](C)(C)[Si](C)(C)[Si](C)(C)[Si](C)(C)[Si](C)(C)[Si](C)(C)[Si](C)(C)[Si](C)(C)C. The van der Waals surface area contributed by atoms with Crippen molar-refractivity contribution in [3.63, 3.8) is 0 Å². The summed E-state index contributed by atoms with van der Waals surface area (Å²) >= 11 is 0. The van der Waals surface area contributed by atoms with Crippen LogP contribution in [0.3, 0.4) is 0 Å². The van der Waals surface area contributed by atoms with Crippen molar-refractivity contribution in [2.45, 2.75) is 170 Å². The normalized spacial score (nSPS) is 17.1. The van der Waals surface area contributed by atoms with Crippen LogP contribution in [-0.4, -0.2) is 87.7 Å². The van der Waals surface area contributed by atoms with E-state index in [1.54, 1.807) is 0 Å². The zero-order valence-corrected chi connectivity index (χ0v) is 44.4. The quantitative estimate of drug-likeness (QED) is 0.181. The van der Waals surface area contributed by atoms with E-state index in [2.05, 4.69) is 170 Å². The van der Waals surface area contributed by atoms with Crippen LogP contribution in [0.15, 0.2) is 0 Å². The first-order chi connectivity index (χ1) is 16.2. The molecule has 0 aromatic carbocycles. The minimum Gasteiger partial charge on any atom is -0.458 e. The second-order valence-corrected chi connectivity index (χ2v) is 152.